The minimum absolute atomic E-state index is 0.798. The predicted molar refractivity (Wildman–Crippen MR) is 65.1 cm³/mol. The van der Waals surface area contributed by atoms with E-state index in [1.165, 1.54) is 51.6 Å². The summed E-state index contributed by atoms with van der Waals surface area (Å²) in [5, 5.41) is 3.63. The molecule has 0 unspecified atom stereocenters. The van der Waals surface area contributed by atoms with Gasteiger partial charge in [-0.05, 0) is 44.2 Å². The van der Waals surface area contributed by atoms with Crippen molar-refractivity contribution in [1.82, 2.24) is 5.32 Å². The molecule has 90 valence electrons. The van der Waals surface area contributed by atoms with E-state index in [-0.39, 0.29) is 0 Å². The van der Waals surface area contributed by atoms with Crippen molar-refractivity contribution in [3.8, 4) is 0 Å². The molecule has 0 aromatic heterocycles. The summed E-state index contributed by atoms with van der Waals surface area (Å²) in [4.78, 5) is 0. The number of methoxy groups -OCH3 is 1. The molecule has 0 amide bonds. The highest BCUT2D eigenvalue weighted by atomic mass is 16.5. The second-order valence-electron chi connectivity index (χ2n) is 4.86. The summed E-state index contributed by atoms with van der Waals surface area (Å²) in [6.45, 7) is 5.60. The van der Waals surface area contributed by atoms with Gasteiger partial charge in [-0.2, -0.15) is 0 Å². The van der Waals surface area contributed by atoms with Crippen LogP contribution in [0.15, 0.2) is 0 Å². The van der Waals surface area contributed by atoms with E-state index in [2.05, 4.69) is 12.2 Å². The topological polar surface area (TPSA) is 21.3 Å². The van der Waals surface area contributed by atoms with Gasteiger partial charge in [-0.15, -0.1) is 0 Å². The van der Waals surface area contributed by atoms with Gasteiger partial charge in [0.2, 0.25) is 0 Å². The van der Waals surface area contributed by atoms with Crippen molar-refractivity contribution in [2.75, 3.05) is 26.8 Å². The van der Waals surface area contributed by atoms with Crippen molar-refractivity contribution in [2.24, 2.45) is 11.8 Å². The average Bonchev–Trinajstić information content (AvgIpc) is 2.76. The molecule has 1 aliphatic rings. The summed E-state index contributed by atoms with van der Waals surface area (Å²) in [5.41, 5.74) is 0. The minimum Gasteiger partial charge on any atom is -0.385 e. The molecule has 0 aliphatic heterocycles. The SMILES string of the molecule is CC[C@@H](CCOC)CNCC1CCCC1. The Morgan fingerprint density at radius 3 is 2.67 bits per heavy atom. The van der Waals surface area contributed by atoms with Gasteiger partial charge in [0.25, 0.3) is 0 Å². The van der Waals surface area contributed by atoms with E-state index in [4.69, 9.17) is 4.74 Å². The molecule has 1 rings (SSSR count). The predicted octanol–water partition coefficient (Wildman–Crippen LogP) is 2.83. The number of nitrogens with one attached hydrogen (secondary N) is 1. The second kappa shape index (κ2) is 8.12. The maximum Gasteiger partial charge on any atom is 0.0465 e. The van der Waals surface area contributed by atoms with E-state index >= 15 is 0 Å². The monoisotopic (exact) mass is 213 g/mol. The molecular weight excluding hydrogens is 186 g/mol. The normalized spacial score (nSPS) is 19.6. The van der Waals surface area contributed by atoms with Crippen LogP contribution in [0.25, 0.3) is 0 Å². The lowest BCUT2D eigenvalue weighted by atomic mass is 10.0. The number of hydrogen-bond donors (Lipinski definition) is 1. The van der Waals surface area contributed by atoms with E-state index in [0.717, 1.165) is 18.4 Å². The van der Waals surface area contributed by atoms with E-state index in [9.17, 15) is 0 Å². The Hall–Kier alpha value is -0.0800. The summed E-state index contributed by atoms with van der Waals surface area (Å²) in [5.74, 6) is 1.76. The number of ether oxygens (including phenoxy) is 1. The molecule has 1 N–H and O–H groups in total. The van der Waals surface area contributed by atoms with Crippen LogP contribution in [-0.2, 0) is 4.74 Å². The molecule has 0 heterocycles. The first-order valence-electron chi connectivity index (χ1n) is 6.56. The molecule has 2 nitrogen and oxygen atoms in total. The zero-order valence-electron chi connectivity index (χ0n) is 10.4. The van der Waals surface area contributed by atoms with Crippen LogP contribution in [0.2, 0.25) is 0 Å². The second-order valence-corrected chi connectivity index (χ2v) is 4.86. The fourth-order valence-corrected chi connectivity index (χ4v) is 2.44. The lowest BCUT2D eigenvalue weighted by Crippen LogP contribution is -2.27. The molecule has 15 heavy (non-hydrogen) atoms. The highest BCUT2D eigenvalue weighted by Gasteiger charge is 2.14. The molecule has 0 aromatic carbocycles. The summed E-state index contributed by atoms with van der Waals surface area (Å²) < 4.78 is 5.13. The Bertz CT molecular complexity index is 143. The smallest absolute Gasteiger partial charge is 0.0465 e. The van der Waals surface area contributed by atoms with Crippen LogP contribution in [0.3, 0.4) is 0 Å². The van der Waals surface area contributed by atoms with Gasteiger partial charge in [0.05, 0.1) is 0 Å². The third-order valence-corrected chi connectivity index (χ3v) is 3.65. The summed E-state index contributed by atoms with van der Waals surface area (Å²) >= 11 is 0. The standard InChI is InChI=1S/C13H27NO/c1-3-12(8-9-15-2)10-14-11-13-6-4-5-7-13/h12-14H,3-11H2,1-2H3/t12-/m0/s1. The van der Waals surface area contributed by atoms with Crippen LogP contribution in [0, 0.1) is 11.8 Å². The molecule has 1 atom stereocenters. The lowest BCUT2D eigenvalue weighted by Gasteiger charge is -2.17. The molecule has 1 saturated carbocycles. The molecule has 0 bridgehead atoms. The Kier molecular flexibility index (Phi) is 7.03. The van der Waals surface area contributed by atoms with Crippen LogP contribution in [0.5, 0.6) is 0 Å². The molecule has 2 heteroatoms. The van der Waals surface area contributed by atoms with Gasteiger partial charge >= 0.3 is 0 Å². The zero-order chi connectivity index (χ0) is 10.9. The van der Waals surface area contributed by atoms with Crippen molar-refractivity contribution in [2.45, 2.75) is 45.4 Å². The van der Waals surface area contributed by atoms with Crippen LogP contribution in [-0.4, -0.2) is 26.8 Å². The highest BCUT2D eigenvalue weighted by Crippen LogP contribution is 2.23. The zero-order valence-corrected chi connectivity index (χ0v) is 10.4. The maximum atomic E-state index is 5.13. The van der Waals surface area contributed by atoms with Gasteiger partial charge in [-0.1, -0.05) is 26.2 Å². The Morgan fingerprint density at radius 1 is 1.33 bits per heavy atom. The van der Waals surface area contributed by atoms with E-state index < -0.39 is 0 Å². The quantitative estimate of drug-likeness (QED) is 0.669. The maximum absolute atomic E-state index is 5.13. The molecule has 0 saturated heterocycles. The van der Waals surface area contributed by atoms with Crippen molar-refractivity contribution in [1.29, 1.82) is 0 Å². The van der Waals surface area contributed by atoms with Crippen LogP contribution >= 0.6 is 0 Å². The van der Waals surface area contributed by atoms with Crippen LogP contribution in [0.1, 0.15) is 45.4 Å². The highest BCUT2D eigenvalue weighted by molar-refractivity contribution is 4.70. The largest absolute Gasteiger partial charge is 0.385 e. The van der Waals surface area contributed by atoms with Gasteiger partial charge in [0, 0.05) is 13.7 Å². The van der Waals surface area contributed by atoms with E-state index in [1.54, 1.807) is 7.11 Å². The van der Waals surface area contributed by atoms with Crippen molar-refractivity contribution in [3.63, 3.8) is 0 Å². The molecule has 1 fully saturated rings. The third-order valence-electron chi connectivity index (χ3n) is 3.65. The summed E-state index contributed by atoms with van der Waals surface area (Å²) in [6, 6.07) is 0. The van der Waals surface area contributed by atoms with E-state index in [0.29, 0.717) is 0 Å². The average molecular weight is 213 g/mol. The van der Waals surface area contributed by atoms with Gasteiger partial charge in [0.15, 0.2) is 0 Å². The first kappa shape index (κ1) is 13.0. The van der Waals surface area contributed by atoms with E-state index in [1.807, 2.05) is 0 Å². The first-order valence-corrected chi connectivity index (χ1v) is 6.56. The fraction of sp³-hybridized carbons (Fsp3) is 1.00. The first-order chi connectivity index (χ1) is 7.36. The number of rotatable bonds is 8. The van der Waals surface area contributed by atoms with Gasteiger partial charge < -0.3 is 10.1 Å². The van der Waals surface area contributed by atoms with Crippen molar-refractivity contribution >= 4 is 0 Å². The summed E-state index contributed by atoms with van der Waals surface area (Å²) in [7, 11) is 1.79. The van der Waals surface area contributed by atoms with Gasteiger partial charge in [-0.25, -0.2) is 0 Å². The van der Waals surface area contributed by atoms with Gasteiger partial charge in [0.1, 0.15) is 0 Å². The van der Waals surface area contributed by atoms with Crippen LogP contribution < -0.4 is 5.32 Å². The van der Waals surface area contributed by atoms with Crippen molar-refractivity contribution in [3.05, 3.63) is 0 Å². The molecule has 0 radical (unpaired) electrons. The fourth-order valence-electron chi connectivity index (χ4n) is 2.44. The minimum atomic E-state index is 0.798. The lowest BCUT2D eigenvalue weighted by molar-refractivity contribution is 0.175. The molecule has 1 aliphatic carbocycles. The Balaban J connectivity index is 2.00. The van der Waals surface area contributed by atoms with Crippen molar-refractivity contribution < 1.29 is 4.74 Å². The molecule has 0 spiro atoms. The molecular formula is C13H27NO. The molecule has 0 aromatic rings. The van der Waals surface area contributed by atoms with Gasteiger partial charge in [-0.3, -0.25) is 0 Å². The number of hydrogen-bond acceptors (Lipinski definition) is 2. The third kappa shape index (κ3) is 5.53. The van der Waals surface area contributed by atoms with Crippen LogP contribution in [0.4, 0.5) is 0 Å². The summed E-state index contributed by atoms with van der Waals surface area (Å²) in [6.07, 6.45) is 8.26. The Morgan fingerprint density at radius 2 is 2.07 bits per heavy atom. The Labute approximate surface area is 94.8 Å².